The van der Waals surface area contributed by atoms with Crippen molar-refractivity contribution in [1.82, 2.24) is 0 Å². The highest BCUT2D eigenvalue weighted by Crippen LogP contribution is 2.37. The first-order chi connectivity index (χ1) is 9.69. The van der Waals surface area contributed by atoms with Crippen molar-refractivity contribution in [3.8, 4) is 0 Å². The summed E-state index contributed by atoms with van der Waals surface area (Å²) in [5, 5.41) is 2.82. The molecular formula is C15H19N3O2. The second-order valence-corrected chi connectivity index (χ2v) is 5.44. The zero-order valence-electron chi connectivity index (χ0n) is 11.4. The Hall–Kier alpha value is -1.88. The Morgan fingerprint density at radius 2 is 2.15 bits per heavy atom. The smallest absolute Gasteiger partial charge is 0.230 e. The van der Waals surface area contributed by atoms with Gasteiger partial charge in [-0.25, -0.2) is 0 Å². The van der Waals surface area contributed by atoms with E-state index in [1.807, 2.05) is 23.1 Å². The third kappa shape index (κ3) is 2.54. The van der Waals surface area contributed by atoms with E-state index in [9.17, 15) is 9.59 Å². The molecule has 20 heavy (non-hydrogen) atoms. The normalized spacial score (nSPS) is 16.9. The molecule has 2 aliphatic rings. The molecule has 1 aromatic carbocycles. The fourth-order valence-electron chi connectivity index (χ4n) is 2.59. The number of carbonyl (C=O) groups excluding carboxylic acids is 2. The number of hydrogen-bond acceptors (Lipinski definition) is 3. The molecule has 1 fully saturated rings. The standard InChI is InChI=1S/C15H19N3O2/c16-7-5-14(19)17-12-4-3-10-6-8-18(13(10)9-12)15(20)11-1-2-11/h3-4,9,11H,1-2,5-8,16H2,(H,17,19). The van der Waals surface area contributed by atoms with Gasteiger partial charge in [-0.15, -0.1) is 0 Å². The number of benzene rings is 1. The lowest BCUT2D eigenvalue weighted by Gasteiger charge is -2.18. The summed E-state index contributed by atoms with van der Waals surface area (Å²) in [6.07, 6.45) is 3.22. The van der Waals surface area contributed by atoms with Crippen molar-refractivity contribution in [2.75, 3.05) is 23.3 Å². The number of nitrogens with two attached hydrogens (primary N) is 1. The number of fused-ring (bicyclic) bond motifs is 1. The molecule has 2 amide bonds. The molecule has 5 nitrogen and oxygen atoms in total. The van der Waals surface area contributed by atoms with Crippen LogP contribution in [0.25, 0.3) is 0 Å². The largest absolute Gasteiger partial charge is 0.330 e. The summed E-state index contributed by atoms with van der Waals surface area (Å²) in [4.78, 5) is 25.7. The number of amides is 2. The lowest BCUT2D eigenvalue weighted by Crippen LogP contribution is -2.30. The van der Waals surface area contributed by atoms with Crippen LogP contribution in [0, 0.1) is 5.92 Å². The van der Waals surface area contributed by atoms with Crippen LogP contribution in [0.3, 0.4) is 0 Å². The predicted molar refractivity (Wildman–Crippen MR) is 77.5 cm³/mol. The third-order valence-electron chi connectivity index (χ3n) is 3.83. The molecule has 0 bridgehead atoms. The van der Waals surface area contributed by atoms with Crippen molar-refractivity contribution in [3.05, 3.63) is 23.8 Å². The summed E-state index contributed by atoms with van der Waals surface area (Å²) in [6, 6.07) is 5.78. The Balaban J connectivity index is 1.78. The maximum Gasteiger partial charge on any atom is 0.230 e. The lowest BCUT2D eigenvalue weighted by atomic mass is 10.1. The van der Waals surface area contributed by atoms with Crippen molar-refractivity contribution >= 4 is 23.2 Å². The third-order valence-corrected chi connectivity index (χ3v) is 3.83. The summed E-state index contributed by atoms with van der Waals surface area (Å²) in [5.41, 5.74) is 8.22. The van der Waals surface area contributed by atoms with Gasteiger partial charge >= 0.3 is 0 Å². The van der Waals surface area contributed by atoms with Gasteiger partial charge in [-0.1, -0.05) is 6.07 Å². The summed E-state index contributed by atoms with van der Waals surface area (Å²) in [6.45, 7) is 1.09. The fraction of sp³-hybridized carbons (Fsp3) is 0.467. The van der Waals surface area contributed by atoms with Crippen LogP contribution < -0.4 is 16.0 Å². The fourth-order valence-corrected chi connectivity index (χ4v) is 2.59. The number of nitrogens with zero attached hydrogens (tertiary/aromatic N) is 1. The predicted octanol–water partition coefficient (Wildman–Crippen LogP) is 1.27. The minimum Gasteiger partial charge on any atom is -0.330 e. The first kappa shape index (κ1) is 13.1. The summed E-state index contributed by atoms with van der Waals surface area (Å²) >= 11 is 0. The van der Waals surface area contributed by atoms with Gasteiger partial charge in [0.05, 0.1) is 0 Å². The summed E-state index contributed by atoms with van der Waals surface area (Å²) in [5.74, 6) is 0.358. The Kier molecular flexibility index (Phi) is 3.44. The molecule has 0 radical (unpaired) electrons. The van der Waals surface area contributed by atoms with E-state index in [4.69, 9.17) is 5.73 Å². The van der Waals surface area contributed by atoms with E-state index < -0.39 is 0 Å². The van der Waals surface area contributed by atoms with E-state index in [-0.39, 0.29) is 17.7 Å². The van der Waals surface area contributed by atoms with Crippen LogP contribution in [0.1, 0.15) is 24.8 Å². The van der Waals surface area contributed by atoms with Gasteiger partial charge < -0.3 is 16.0 Å². The molecular weight excluding hydrogens is 254 g/mol. The van der Waals surface area contributed by atoms with E-state index in [1.54, 1.807) is 0 Å². The number of rotatable bonds is 4. The molecule has 1 aliphatic heterocycles. The van der Waals surface area contributed by atoms with Crippen LogP contribution in [0.2, 0.25) is 0 Å². The molecule has 0 atom stereocenters. The first-order valence-corrected chi connectivity index (χ1v) is 7.13. The second-order valence-electron chi connectivity index (χ2n) is 5.44. The molecule has 106 valence electrons. The molecule has 1 heterocycles. The molecule has 3 N–H and O–H groups in total. The van der Waals surface area contributed by atoms with Crippen LogP contribution in [-0.4, -0.2) is 24.9 Å². The highest BCUT2D eigenvalue weighted by Gasteiger charge is 2.36. The van der Waals surface area contributed by atoms with E-state index in [1.165, 1.54) is 5.56 Å². The Labute approximate surface area is 118 Å². The number of anilines is 2. The highest BCUT2D eigenvalue weighted by molar-refractivity contribution is 5.99. The van der Waals surface area contributed by atoms with E-state index in [0.29, 0.717) is 13.0 Å². The molecule has 1 aliphatic carbocycles. The number of nitrogens with one attached hydrogen (secondary N) is 1. The van der Waals surface area contributed by atoms with Crippen LogP contribution in [-0.2, 0) is 16.0 Å². The van der Waals surface area contributed by atoms with Gasteiger partial charge in [0.1, 0.15) is 0 Å². The first-order valence-electron chi connectivity index (χ1n) is 7.13. The van der Waals surface area contributed by atoms with E-state index in [2.05, 4.69) is 5.32 Å². The van der Waals surface area contributed by atoms with Gasteiger partial charge in [0.15, 0.2) is 0 Å². The Morgan fingerprint density at radius 3 is 2.85 bits per heavy atom. The van der Waals surface area contributed by atoms with Crippen LogP contribution in [0.5, 0.6) is 0 Å². The minimum absolute atomic E-state index is 0.0921. The number of carbonyl (C=O) groups is 2. The monoisotopic (exact) mass is 273 g/mol. The van der Waals surface area contributed by atoms with Gasteiger partial charge in [-0.05, 0) is 37.0 Å². The molecule has 0 saturated heterocycles. The van der Waals surface area contributed by atoms with Crippen molar-refractivity contribution in [1.29, 1.82) is 0 Å². The average Bonchev–Trinajstić information content (AvgIpc) is 3.19. The topological polar surface area (TPSA) is 75.4 Å². The molecule has 0 unspecified atom stereocenters. The Bertz CT molecular complexity index is 552. The van der Waals surface area contributed by atoms with E-state index in [0.717, 1.165) is 37.2 Å². The van der Waals surface area contributed by atoms with Crippen LogP contribution in [0.4, 0.5) is 11.4 Å². The molecule has 3 rings (SSSR count). The molecule has 1 aromatic rings. The SMILES string of the molecule is NCCC(=O)Nc1ccc2c(c1)N(C(=O)C1CC1)CC2. The average molecular weight is 273 g/mol. The van der Waals surface area contributed by atoms with Crippen LogP contribution in [0.15, 0.2) is 18.2 Å². The highest BCUT2D eigenvalue weighted by atomic mass is 16.2. The summed E-state index contributed by atoms with van der Waals surface area (Å²) < 4.78 is 0. The molecule has 0 spiro atoms. The number of hydrogen-bond donors (Lipinski definition) is 2. The van der Waals surface area contributed by atoms with Crippen molar-refractivity contribution in [2.45, 2.75) is 25.7 Å². The minimum atomic E-state index is -0.0921. The maximum absolute atomic E-state index is 12.2. The Morgan fingerprint density at radius 1 is 1.35 bits per heavy atom. The van der Waals surface area contributed by atoms with Gasteiger partial charge in [0.2, 0.25) is 11.8 Å². The summed E-state index contributed by atoms with van der Waals surface area (Å²) in [7, 11) is 0. The van der Waals surface area contributed by atoms with Gasteiger partial charge in [0.25, 0.3) is 0 Å². The van der Waals surface area contributed by atoms with Crippen molar-refractivity contribution in [3.63, 3.8) is 0 Å². The second kappa shape index (κ2) is 5.25. The molecule has 1 saturated carbocycles. The zero-order valence-corrected chi connectivity index (χ0v) is 11.4. The van der Waals surface area contributed by atoms with Crippen molar-refractivity contribution < 1.29 is 9.59 Å². The van der Waals surface area contributed by atoms with Gasteiger partial charge in [-0.3, -0.25) is 9.59 Å². The van der Waals surface area contributed by atoms with Gasteiger partial charge in [-0.2, -0.15) is 0 Å². The molecule has 0 aromatic heterocycles. The van der Waals surface area contributed by atoms with Crippen molar-refractivity contribution in [2.24, 2.45) is 11.7 Å². The lowest BCUT2D eigenvalue weighted by molar-refractivity contribution is -0.119. The van der Waals surface area contributed by atoms with Crippen LogP contribution >= 0.6 is 0 Å². The van der Waals surface area contributed by atoms with E-state index >= 15 is 0 Å². The van der Waals surface area contributed by atoms with Gasteiger partial charge in [0, 0.05) is 36.8 Å². The maximum atomic E-state index is 12.2. The zero-order chi connectivity index (χ0) is 14.1. The molecule has 5 heteroatoms. The quantitative estimate of drug-likeness (QED) is 0.867.